The zero-order chi connectivity index (χ0) is 30.9. The monoisotopic (exact) mass is 588 g/mol. The fourth-order valence-electron chi connectivity index (χ4n) is 5.32. The van der Waals surface area contributed by atoms with Gasteiger partial charge in [0.25, 0.3) is 5.91 Å². The van der Waals surface area contributed by atoms with E-state index < -0.39 is 0 Å². The van der Waals surface area contributed by atoms with Gasteiger partial charge in [-0.05, 0) is 65.7 Å². The lowest BCUT2D eigenvalue weighted by Gasteiger charge is -2.05. The molecule has 3 heterocycles. The van der Waals surface area contributed by atoms with Gasteiger partial charge in [0.05, 0.1) is 53.0 Å². The van der Waals surface area contributed by atoms with E-state index in [4.69, 9.17) is 25.8 Å². The Morgan fingerprint density at radius 2 is 1.42 bits per heavy atom. The van der Waals surface area contributed by atoms with Gasteiger partial charge in [-0.15, -0.1) is 0 Å². The third kappa shape index (κ3) is 5.24. The molecule has 7 aromatic rings. The SMILES string of the molecule is N#Cc1ccc(Cn2nc(N)c3ccc(-c4cc(C(=O)Nc5nn(Cc6ccc(C#N)cc6)c6ccccc56)co4)cc32)cc1. The smallest absolute Gasteiger partial charge is 0.260 e. The van der Waals surface area contributed by atoms with Crippen molar-refractivity contribution in [2.24, 2.45) is 0 Å². The number of carbonyl (C=O) groups is 1. The van der Waals surface area contributed by atoms with Crippen LogP contribution in [-0.2, 0) is 13.1 Å². The zero-order valence-electron chi connectivity index (χ0n) is 23.8. The second-order valence-electron chi connectivity index (χ2n) is 10.6. The molecule has 0 fully saturated rings. The maximum absolute atomic E-state index is 13.4. The lowest BCUT2D eigenvalue weighted by atomic mass is 10.1. The predicted octanol–water partition coefficient (Wildman–Crippen LogP) is 6.32. The fraction of sp³-hybridized carbons (Fsp3) is 0.0571. The minimum atomic E-state index is -0.352. The topological polar surface area (TPSA) is 151 Å². The van der Waals surface area contributed by atoms with E-state index in [0.717, 1.165) is 38.5 Å². The van der Waals surface area contributed by atoms with Gasteiger partial charge in [-0.25, -0.2) is 0 Å². The molecule has 0 bridgehead atoms. The molecule has 10 nitrogen and oxygen atoms in total. The molecular formula is C35H24N8O2. The fourth-order valence-corrected chi connectivity index (χ4v) is 5.32. The average molecular weight is 589 g/mol. The van der Waals surface area contributed by atoms with E-state index in [1.54, 1.807) is 30.3 Å². The molecule has 0 radical (unpaired) electrons. The Morgan fingerprint density at radius 3 is 2.09 bits per heavy atom. The molecule has 3 aromatic heterocycles. The standard InChI is InChI=1S/C35H24N8O2/c36-17-22-5-9-24(10-6-22)19-42-30-4-2-1-3-29(30)34(41-42)39-35(44)27-16-32(45-21-27)26-13-14-28-31(15-26)43(40-33(28)38)20-25-11-7-23(18-37)8-12-25/h1-16,21H,19-20H2,(H2,38,40)(H,39,41,44). The number of nitriles is 2. The average Bonchev–Trinajstić information content (AvgIpc) is 3.78. The Labute approximate surface area is 257 Å². The summed E-state index contributed by atoms with van der Waals surface area (Å²) in [5, 5.41) is 32.0. The first-order valence-electron chi connectivity index (χ1n) is 14.1. The van der Waals surface area contributed by atoms with E-state index in [1.807, 2.05) is 76.1 Å². The normalized spacial score (nSPS) is 11.0. The van der Waals surface area contributed by atoms with Crippen LogP contribution in [0.25, 0.3) is 33.1 Å². The number of benzene rings is 4. The van der Waals surface area contributed by atoms with Gasteiger partial charge in [-0.3, -0.25) is 14.2 Å². The Balaban J connectivity index is 1.13. The van der Waals surface area contributed by atoms with Crippen molar-refractivity contribution in [2.45, 2.75) is 13.1 Å². The molecule has 3 N–H and O–H groups in total. The van der Waals surface area contributed by atoms with Crippen molar-refractivity contribution in [3.8, 4) is 23.5 Å². The van der Waals surface area contributed by atoms with Crippen LogP contribution in [0.5, 0.6) is 0 Å². The summed E-state index contributed by atoms with van der Waals surface area (Å²) >= 11 is 0. The van der Waals surface area contributed by atoms with Gasteiger partial charge in [0.1, 0.15) is 12.0 Å². The molecule has 0 saturated carbocycles. The summed E-state index contributed by atoms with van der Waals surface area (Å²) in [5.41, 5.74) is 12.2. The maximum Gasteiger partial charge on any atom is 0.260 e. The van der Waals surface area contributed by atoms with Crippen LogP contribution in [0.15, 0.2) is 108 Å². The highest BCUT2D eigenvalue weighted by molar-refractivity contribution is 6.08. The molecule has 45 heavy (non-hydrogen) atoms. The van der Waals surface area contributed by atoms with Gasteiger partial charge in [-0.2, -0.15) is 20.7 Å². The first kappa shape index (κ1) is 27.2. The molecule has 10 heteroatoms. The van der Waals surface area contributed by atoms with E-state index in [-0.39, 0.29) is 5.91 Å². The van der Waals surface area contributed by atoms with Crippen molar-refractivity contribution < 1.29 is 9.21 Å². The van der Waals surface area contributed by atoms with E-state index in [0.29, 0.717) is 47.2 Å². The molecule has 0 unspecified atom stereocenters. The first-order valence-corrected chi connectivity index (χ1v) is 14.1. The molecule has 7 rings (SSSR count). The number of nitrogens with one attached hydrogen (secondary N) is 1. The van der Waals surface area contributed by atoms with Gasteiger partial charge < -0.3 is 15.5 Å². The van der Waals surface area contributed by atoms with E-state index in [1.165, 1.54) is 6.26 Å². The van der Waals surface area contributed by atoms with Crippen molar-refractivity contribution in [1.82, 2.24) is 19.6 Å². The Hall–Kier alpha value is -6.65. The number of carbonyl (C=O) groups excluding carboxylic acids is 1. The molecule has 0 saturated heterocycles. The summed E-state index contributed by atoms with van der Waals surface area (Å²) in [5.74, 6) is 1.02. The van der Waals surface area contributed by atoms with Crippen LogP contribution in [0.1, 0.15) is 32.6 Å². The van der Waals surface area contributed by atoms with Gasteiger partial charge >= 0.3 is 0 Å². The van der Waals surface area contributed by atoms with E-state index >= 15 is 0 Å². The third-order valence-electron chi connectivity index (χ3n) is 7.65. The van der Waals surface area contributed by atoms with E-state index in [2.05, 4.69) is 22.6 Å². The highest BCUT2D eigenvalue weighted by Gasteiger charge is 2.18. The van der Waals surface area contributed by atoms with Crippen molar-refractivity contribution in [2.75, 3.05) is 11.1 Å². The number of rotatable bonds is 7. The number of fused-ring (bicyclic) bond motifs is 2. The number of furan rings is 1. The summed E-state index contributed by atoms with van der Waals surface area (Å²) in [6, 6.07) is 34.0. The number of nitrogens with two attached hydrogens (primary N) is 1. The Morgan fingerprint density at radius 1 is 0.778 bits per heavy atom. The molecule has 0 aliphatic heterocycles. The maximum atomic E-state index is 13.4. The van der Waals surface area contributed by atoms with Crippen LogP contribution in [-0.4, -0.2) is 25.5 Å². The lowest BCUT2D eigenvalue weighted by molar-refractivity contribution is 0.102. The number of nitrogens with zero attached hydrogens (tertiary/aromatic N) is 6. The van der Waals surface area contributed by atoms with Gasteiger partial charge in [0.2, 0.25) is 0 Å². The number of hydrogen-bond donors (Lipinski definition) is 2. The highest BCUT2D eigenvalue weighted by atomic mass is 16.3. The Kier molecular flexibility index (Phi) is 6.78. The van der Waals surface area contributed by atoms with Crippen LogP contribution in [0, 0.1) is 22.7 Å². The predicted molar refractivity (Wildman–Crippen MR) is 170 cm³/mol. The lowest BCUT2D eigenvalue weighted by Crippen LogP contribution is -2.12. The summed E-state index contributed by atoms with van der Waals surface area (Å²) < 4.78 is 9.48. The largest absolute Gasteiger partial charge is 0.464 e. The molecule has 0 aliphatic carbocycles. The molecular weight excluding hydrogens is 564 g/mol. The van der Waals surface area contributed by atoms with Gasteiger partial charge in [-0.1, -0.05) is 42.5 Å². The molecule has 0 spiro atoms. The number of para-hydroxylation sites is 1. The summed E-state index contributed by atoms with van der Waals surface area (Å²) in [4.78, 5) is 13.4. The van der Waals surface area contributed by atoms with Crippen LogP contribution in [0.2, 0.25) is 0 Å². The quantitative estimate of drug-likeness (QED) is 0.221. The second kappa shape index (κ2) is 11.2. The highest BCUT2D eigenvalue weighted by Crippen LogP contribution is 2.30. The van der Waals surface area contributed by atoms with E-state index in [9.17, 15) is 4.79 Å². The Bertz CT molecular complexity index is 2300. The second-order valence-corrected chi connectivity index (χ2v) is 10.6. The third-order valence-corrected chi connectivity index (χ3v) is 7.65. The molecule has 216 valence electrons. The molecule has 1 amide bonds. The zero-order valence-corrected chi connectivity index (χ0v) is 23.8. The van der Waals surface area contributed by atoms with Crippen LogP contribution in [0.4, 0.5) is 11.6 Å². The van der Waals surface area contributed by atoms with Crippen LogP contribution in [0.3, 0.4) is 0 Å². The number of anilines is 2. The number of hydrogen-bond acceptors (Lipinski definition) is 7. The minimum absolute atomic E-state index is 0.349. The number of amides is 1. The number of nitrogen functional groups attached to an aromatic ring is 1. The summed E-state index contributed by atoms with van der Waals surface area (Å²) in [6.07, 6.45) is 1.42. The van der Waals surface area contributed by atoms with Crippen molar-refractivity contribution in [3.63, 3.8) is 0 Å². The van der Waals surface area contributed by atoms with Crippen LogP contribution >= 0.6 is 0 Å². The molecule has 0 atom stereocenters. The van der Waals surface area contributed by atoms with Gasteiger partial charge in [0.15, 0.2) is 11.6 Å². The molecule has 4 aromatic carbocycles. The van der Waals surface area contributed by atoms with Crippen molar-refractivity contribution >= 4 is 39.3 Å². The van der Waals surface area contributed by atoms with Crippen molar-refractivity contribution in [3.05, 3.63) is 131 Å². The summed E-state index contributed by atoms with van der Waals surface area (Å²) in [7, 11) is 0. The number of aromatic nitrogens is 4. The minimum Gasteiger partial charge on any atom is -0.464 e. The van der Waals surface area contributed by atoms with Crippen molar-refractivity contribution in [1.29, 1.82) is 10.5 Å². The first-order chi connectivity index (χ1) is 22.0. The van der Waals surface area contributed by atoms with Crippen LogP contribution < -0.4 is 11.1 Å². The van der Waals surface area contributed by atoms with Gasteiger partial charge in [0, 0.05) is 16.3 Å². The summed E-state index contributed by atoms with van der Waals surface area (Å²) in [6.45, 7) is 0.952. The molecule has 0 aliphatic rings.